The number of nitrogens with zero attached hydrogens (tertiary/aromatic N) is 1. The lowest BCUT2D eigenvalue weighted by Gasteiger charge is -2.09. The molecule has 2 aromatic rings. The van der Waals surface area contributed by atoms with Gasteiger partial charge in [0, 0.05) is 17.7 Å². The lowest BCUT2D eigenvalue weighted by atomic mass is 10.1. The minimum atomic E-state index is -0.535. The van der Waals surface area contributed by atoms with Crippen molar-refractivity contribution in [2.24, 2.45) is 0 Å². The van der Waals surface area contributed by atoms with Gasteiger partial charge >= 0.3 is 0 Å². The van der Waals surface area contributed by atoms with E-state index in [1.54, 1.807) is 37.3 Å². The molecule has 0 aliphatic carbocycles. The highest BCUT2D eigenvalue weighted by Gasteiger charge is 2.15. The van der Waals surface area contributed by atoms with Crippen LogP contribution in [0.1, 0.15) is 15.9 Å². The zero-order valence-electron chi connectivity index (χ0n) is 10.8. The number of anilines is 2. The van der Waals surface area contributed by atoms with Crippen LogP contribution in [-0.4, -0.2) is 10.8 Å². The van der Waals surface area contributed by atoms with E-state index < -0.39 is 10.8 Å². The standard InChI is InChI=1S/C14H13N3O3/c1-9-6-7-10(17(19)20)8-11(9)14(18)16-13-5-3-2-4-12(13)15/h2-8H,15H2,1H3,(H,16,18). The number of nitro groups is 1. The maximum absolute atomic E-state index is 12.2. The van der Waals surface area contributed by atoms with Gasteiger partial charge in [0.1, 0.15) is 0 Å². The Hall–Kier alpha value is -2.89. The van der Waals surface area contributed by atoms with Crippen LogP contribution in [-0.2, 0) is 0 Å². The molecule has 102 valence electrons. The van der Waals surface area contributed by atoms with Crippen molar-refractivity contribution in [2.45, 2.75) is 6.92 Å². The summed E-state index contributed by atoms with van der Waals surface area (Å²) >= 11 is 0. The number of nitrogen functional groups attached to an aromatic ring is 1. The predicted octanol–water partition coefficient (Wildman–Crippen LogP) is 2.74. The Kier molecular flexibility index (Phi) is 3.65. The first-order valence-corrected chi connectivity index (χ1v) is 5.90. The number of benzene rings is 2. The summed E-state index contributed by atoms with van der Waals surface area (Å²) in [5.74, 6) is -0.427. The van der Waals surface area contributed by atoms with E-state index in [0.29, 0.717) is 16.9 Å². The molecule has 2 rings (SSSR count). The van der Waals surface area contributed by atoms with Crippen molar-refractivity contribution in [2.75, 3.05) is 11.1 Å². The molecule has 0 unspecified atom stereocenters. The number of carbonyl (C=O) groups is 1. The highest BCUT2D eigenvalue weighted by atomic mass is 16.6. The molecule has 6 heteroatoms. The van der Waals surface area contributed by atoms with Crippen LogP contribution in [0.3, 0.4) is 0 Å². The Morgan fingerprint density at radius 3 is 2.60 bits per heavy atom. The largest absolute Gasteiger partial charge is 0.397 e. The van der Waals surface area contributed by atoms with Crippen molar-refractivity contribution in [3.05, 3.63) is 63.7 Å². The molecule has 0 atom stereocenters. The predicted molar refractivity (Wildman–Crippen MR) is 76.6 cm³/mol. The molecule has 0 bridgehead atoms. The number of para-hydroxylation sites is 2. The molecule has 0 saturated carbocycles. The summed E-state index contributed by atoms with van der Waals surface area (Å²) in [4.78, 5) is 22.4. The summed E-state index contributed by atoms with van der Waals surface area (Å²) in [6.45, 7) is 1.72. The quantitative estimate of drug-likeness (QED) is 0.509. The number of hydrogen-bond donors (Lipinski definition) is 2. The molecule has 0 saturated heterocycles. The van der Waals surface area contributed by atoms with Crippen LogP contribution in [0.5, 0.6) is 0 Å². The summed E-state index contributed by atoms with van der Waals surface area (Å²) in [5.41, 5.74) is 7.43. The van der Waals surface area contributed by atoms with Crippen molar-refractivity contribution < 1.29 is 9.72 Å². The van der Waals surface area contributed by atoms with Gasteiger partial charge in [0.05, 0.1) is 16.3 Å². The fourth-order valence-electron chi connectivity index (χ4n) is 1.77. The summed E-state index contributed by atoms with van der Waals surface area (Å²) in [6.07, 6.45) is 0. The van der Waals surface area contributed by atoms with Crippen LogP contribution >= 0.6 is 0 Å². The Balaban J connectivity index is 2.32. The summed E-state index contributed by atoms with van der Waals surface area (Å²) < 4.78 is 0. The molecule has 0 aliphatic rings. The fraction of sp³-hybridized carbons (Fsp3) is 0.0714. The van der Waals surface area contributed by atoms with Crippen molar-refractivity contribution in [1.29, 1.82) is 0 Å². The summed E-state index contributed by atoms with van der Waals surface area (Å²) in [6, 6.07) is 11.0. The second kappa shape index (κ2) is 5.40. The number of rotatable bonds is 3. The van der Waals surface area contributed by atoms with Gasteiger partial charge in [-0.1, -0.05) is 18.2 Å². The average Bonchev–Trinajstić information content (AvgIpc) is 2.41. The monoisotopic (exact) mass is 271 g/mol. The minimum Gasteiger partial charge on any atom is -0.397 e. The maximum Gasteiger partial charge on any atom is 0.270 e. The number of nitrogens with one attached hydrogen (secondary N) is 1. The Bertz CT molecular complexity index is 683. The van der Waals surface area contributed by atoms with Gasteiger partial charge in [-0.3, -0.25) is 14.9 Å². The van der Waals surface area contributed by atoms with E-state index in [1.807, 2.05) is 0 Å². The van der Waals surface area contributed by atoms with Crippen molar-refractivity contribution in [3.63, 3.8) is 0 Å². The summed E-state index contributed by atoms with van der Waals surface area (Å²) in [5, 5.41) is 13.4. The van der Waals surface area contributed by atoms with E-state index >= 15 is 0 Å². The van der Waals surface area contributed by atoms with E-state index in [1.165, 1.54) is 12.1 Å². The molecule has 0 aromatic heterocycles. The molecular formula is C14H13N3O3. The lowest BCUT2D eigenvalue weighted by molar-refractivity contribution is -0.384. The summed E-state index contributed by atoms with van der Waals surface area (Å²) in [7, 11) is 0. The normalized spacial score (nSPS) is 10.1. The zero-order chi connectivity index (χ0) is 14.7. The van der Waals surface area contributed by atoms with Crippen LogP contribution in [0.4, 0.5) is 17.1 Å². The number of non-ortho nitro benzene ring substituents is 1. The van der Waals surface area contributed by atoms with Crippen molar-refractivity contribution >= 4 is 23.0 Å². The number of nitro benzene ring substituents is 1. The van der Waals surface area contributed by atoms with Gasteiger partial charge in [-0.2, -0.15) is 0 Å². The second-order valence-corrected chi connectivity index (χ2v) is 4.30. The first-order valence-electron chi connectivity index (χ1n) is 5.90. The molecule has 6 nitrogen and oxygen atoms in total. The highest BCUT2D eigenvalue weighted by molar-refractivity contribution is 6.07. The topological polar surface area (TPSA) is 98.3 Å². The first kappa shape index (κ1) is 13.5. The van der Waals surface area contributed by atoms with Crippen molar-refractivity contribution in [1.82, 2.24) is 0 Å². The molecule has 2 aromatic carbocycles. The molecule has 0 aliphatic heterocycles. The average molecular weight is 271 g/mol. The van der Waals surface area contributed by atoms with Crippen LogP contribution < -0.4 is 11.1 Å². The van der Waals surface area contributed by atoms with Gasteiger partial charge in [0.2, 0.25) is 0 Å². The van der Waals surface area contributed by atoms with Gasteiger partial charge < -0.3 is 11.1 Å². The van der Waals surface area contributed by atoms with Crippen LogP contribution in [0, 0.1) is 17.0 Å². The van der Waals surface area contributed by atoms with Crippen LogP contribution in [0.25, 0.3) is 0 Å². The number of carbonyl (C=O) groups excluding carboxylic acids is 1. The maximum atomic E-state index is 12.2. The fourth-order valence-corrected chi connectivity index (χ4v) is 1.77. The van der Waals surface area contributed by atoms with E-state index in [0.717, 1.165) is 0 Å². The number of hydrogen-bond acceptors (Lipinski definition) is 4. The van der Waals surface area contributed by atoms with Gasteiger partial charge in [0.25, 0.3) is 11.6 Å². The molecule has 0 radical (unpaired) electrons. The van der Waals surface area contributed by atoms with Crippen LogP contribution in [0.2, 0.25) is 0 Å². The smallest absolute Gasteiger partial charge is 0.270 e. The SMILES string of the molecule is Cc1ccc([N+](=O)[O-])cc1C(=O)Nc1ccccc1N. The van der Waals surface area contributed by atoms with Gasteiger partial charge in [-0.25, -0.2) is 0 Å². The molecule has 3 N–H and O–H groups in total. The molecule has 0 heterocycles. The zero-order valence-corrected chi connectivity index (χ0v) is 10.8. The van der Waals surface area contributed by atoms with Crippen LogP contribution in [0.15, 0.2) is 42.5 Å². The van der Waals surface area contributed by atoms with E-state index in [-0.39, 0.29) is 11.3 Å². The Morgan fingerprint density at radius 2 is 1.95 bits per heavy atom. The molecule has 0 spiro atoms. The third kappa shape index (κ3) is 2.74. The highest BCUT2D eigenvalue weighted by Crippen LogP contribution is 2.21. The third-order valence-corrected chi connectivity index (χ3v) is 2.89. The first-order chi connectivity index (χ1) is 9.49. The van der Waals surface area contributed by atoms with Crippen molar-refractivity contribution in [3.8, 4) is 0 Å². The Labute approximate surface area is 115 Å². The number of amides is 1. The lowest BCUT2D eigenvalue weighted by Crippen LogP contribution is -2.14. The van der Waals surface area contributed by atoms with Gasteiger partial charge in [-0.05, 0) is 24.6 Å². The molecule has 20 heavy (non-hydrogen) atoms. The number of aryl methyl sites for hydroxylation is 1. The van der Waals surface area contributed by atoms with E-state index in [4.69, 9.17) is 5.73 Å². The Morgan fingerprint density at radius 1 is 1.25 bits per heavy atom. The minimum absolute atomic E-state index is 0.123. The van der Waals surface area contributed by atoms with Gasteiger partial charge in [-0.15, -0.1) is 0 Å². The number of nitrogens with two attached hydrogens (primary N) is 1. The van der Waals surface area contributed by atoms with Gasteiger partial charge in [0.15, 0.2) is 0 Å². The molecule has 1 amide bonds. The molecule has 0 fully saturated rings. The second-order valence-electron chi connectivity index (χ2n) is 4.30. The van der Waals surface area contributed by atoms with E-state index in [9.17, 15) is 14.9 Å². The third-order valence-electron chi connectivity index (χ3n) is 2.89. The van der Waals surface area contributed by atoms with E-state index in [2.05, 4.69) is 5.32 Å². The molecular weight excluding hydrogens is 258 g/mol.